The highest BCUT2D eigenvalue weighted by atomic mass is 79.9. The number of halogens is 2. The van der Waals surface area contributed by atoms with Crippen molar-refractivity contribution in [3.05, 3.63) is 142 Å². The summed E-state index contributed by atoms with van der Waals surface area (Å²) in [6, 6.07) is 47.6. The second kappa shape index (κ2) is 9.33. The molecule has 0 spiro atoms. The smallest absolute Gasteiger partial charge is 0.146 e. The molecule has 0 atom stereocenters. The molecule has 0 saturated carbocycles. The molecule has 3 aromatic heterocycles. The Balaban J connectivity index is 1.48. The van der Waals surface area contributed by atoms with E-state index in [1.165, 1.54) is 10.8 Å². The van der Waals surface area contributed by atoms with Crippen molar-refractivity contribution in [2.24, 2.45) is 0 Å². The number of aromatic nitrogens is 2. The molecule has 3 nitrogen and oxygen atoms in total. The lowest BCUT2D eigenvalue weighted by Gasteiger charge is -2.10. The molecule has 0 fully saturated rings. The highest BCUT2D eigenvalue weighted by molar-refractivity contribution is 9.10. The second-order valence-electron chi connectivity index (χ2n) is 11.6. The molecule has 0 amide bonds. The normalized spacial score (nSPS) is 12.2. The van der Waals surface area contributed by atoms with Gasteiger partial charge in [-0.15, -0.1) is 0 Å². The number of rotatable bonds is 2. The summed E-state index contributed by atoms with van der Waals surface area (Å²) in [5.74, 6) is 0. The van der Waals surface area contributed by atoms with Gasteiger partial charge in [0.2, 0.25) is 0 Å². The van der Waals surface area contributed by atoms with Crippen LogP contribution in [0.3, 0.4) is 0 Å². The molecule has 212 valence electrons. The van der Waals surface area contributed by atoms with Gasteiger partial charge in [-0.05, 0) is 78.2 Å². The third-order valence-electron chi connectivity index (χ3n) is 9.18. The number of benzene rings is 7. The van der Waals surface area contributed by atoms with Crippen molar-refractivity contribution >= 4 is 108 Å². The molecule has 7 aromatic carbocycles. The van der Waals surface area contributed by atoms with Crippen molar-refractivity contribution in [2.75, 3.05) is 0 Å². The zero-order valence-corrected chi connectivity index (χ0v) is 26.9. The summed E-state index contributed by atoms with van der Waals surface area (Å²) in [6.07, 6.45) is 0. The van der Waals surface area contributed by atoms with Gasteiger partial charge >= 0.3 is 0 Å². The van der Waals surface area contributed by atoms with E-state index in [0.29, 0.717) is 0 Å². The molecule has 3 heterocycles. The first kappa shape index (κ1) is 25.5. The summed E-state index contributed by atoms with van der Waals surface area (Å²) < 4.78 is 14.0. The van der Waals surface area contributed by atoms with Crippen LogP contribution in [-0.2, 0) is 0 Å². The molecule has 0 N–H and O–H groups in total. The summed E-state index contributed by atoms with van der Waals surface area (Å²) in [4.78, 5) is 0. The van der Waals surface area contributed by atoms with Gasteiger partial charge < -0.3 is 13.6 Å². The van der Waals surface area contributed by atoms with Gasteiger partial charge in [-0.3, -0.25) is 0 Å². The first-order valence-electron chi connectivity index (χ1n) is 14.9. The monoisotopic (exact) mass is 704 g/mol. The van der Waals surface area contributed by atoms with Crippen LogP contribution in [0, 0.1) is 0 Å². The largest absolute Gasteiger partial charge is 0.455 e. The summed E-state index contributed by atoms with van der Waals surface area (Å²) in [5.41, 5.74) is 8.64. The number of nitrogens with zero attached hydrogens (tertiary/aromatic N) is 2. The molecule has 0 aliphatic carbocycles. The fourth-order valence-corrected chi connectivity index (χ4v) is 8.15. The van der Waals surface area contributed by atoms with Gasteiger partial charge in [0.05, 0.1) is 32.8 Å². The van der Waals surface area contributed by atoms with Gasteiger partial charge in [0.15, 0.2) is 0 Å². The maximum absolute atomic E-state index is 7.22. The van der Waals surface area contributed by atoms with E-state index in [2.05, 4.69) is 174 Å². The van der Waals surface area contributed by atoms with Crippen molar-refractivity contribution in [2.45, 2.75) is 0 Å². The zero-order chi connectivity index (χ0) is 29.8. The topological polar surface area (TPSA) is 23.0 Å². The molecule has 0 radical (unpaired) electrons. The maximum atomic E-state index is 7.22. The van der Waals surface area contributed by atoms with E-state index in [1.807, 2.05) is 0 Å². The van der Waals surface area contributed by atoms with Gasteiger partial charge in [-0.25, -0.2) is 0 Å². The van der Waals surface area contributed by atoms with E-state index in [-0.39, 0.29) is 0 Å². The molecular formula is C40H22Br2N2O. The highest BCUT2D eigenvalue weighted by Gasteiger charge is 2.25. The predicted octanol–water partition coefficient (Wildman–Crippen LogP) is 12.5. The molecule has 0 aliphatic heterocycles. The Hall–Kier alpha value is -4.84. The molecule has 0 aliphatic rings. The van der Waals surface area contributed by atoms with Crippen LogP contribution in [0.4, 0.5) is 0 Å². The van der Waals surface area contributed by atoms with Gasteiger partial charge in [-0.1, -0.05) is 92.5 Å². The van der Waals surface area contributed by atoms with Crippen molar-refractivity contribution in [1.82, 2.24) is 9.13 Å². The number of fused-ring (bicyclic) bond motifs is 14. The summed E-state index contributed by atoms with van der Waals surface area (Å²) >= 11 is 7.54. The van der Waals surface area contributed by atoms with Crippen molar-refractivity contribution < 1.29 is 4.42 Å². The van der Waals surface area contributed by atoms with E-state index in [9.17, 15) is 0 Å². The molecule has 0 unspecified atom stereocenters. The molecular weight excluding hydrogens is 684 g/mol. The van der Waals surface area contributed by atoms with Crippen LogP contribution in [0.25, 0.3) is 87.7 Å². The Morgan fingerprint density at radius 1 is 0.400 bits per heavy atom. The van der Waals surface area contributed by atoms with E-state index in [4.69, 9.17) is 4.42 Å². The third-order valence-corrected chi connectivity index (χ3v) is 10.2. The molecule has 10 rings (SSSR count). The van der Waals surface area contributed by atoms with Gasteiger partial charge in [0, 0.05) is 47.3 Å². The average molecular weight is 706 g/mol. The maximum Gasteiger partial charge on any atom is 0.146 e. The lowest BCUT2D eigenvalue weighted by Crippen LogP contribution is -1.94. The Labute approximate surface area is 274 Å². The fraction of sp³-hybridized carbons (Fsp3) is 0. The zero-order valence-electron chi connectivity index (χ0n) is 23.8. The third kappa shape index (κ3) is 3.45. The minimum Gasteiger partial charge on any atom is -0.455 e. The summed E-state index contributed by atoms with van der Waals surface area (Å²) in [6.45, 7) is 0. The van der Waals surface area contributed by atoms with Crippen molar-refractivity contribution in [3.8, 4) is 11.4 Å². The minimum absolute atomic E-state index is 0.911. The first-order valence-corrected chi connectivity index (χ1v) is 16.5. The van der Waals surface area contributed by atoms with Crippen molar-refractivity contribution in [3.63, 3.8) is 0 Å². The molecule has 10 aromatic rings. The fourth-order valence-electron chi connectivity index (χ4n) is 7.43. The van der Waals surface area contributed by atoms with Crippen LogP contribution >= 0.6 is 31.9 Å². The molecule has 0 bridgehead atoms. The Morgan fingerprint density at radius 3 is 1.64 bits per heavy atom. The standard InChI is InChI=1S/C40H22Br2N2O/c41-23-15-18-32-30(21-23)36-34(43(32)25-9-3-1-4-10-25)20-17-29-35-27-13-7-8-14-28(27)38-37(40(35)45-39(29)36)31-22-24(42)16-19-33(31)44(38)26-11-5-2-6-12-26/h1-22H. The van der Waals surface area contributed by atoms with Crippen LogP contribution in [-0.4, -0.2) is 9.13 Å². The van der Waals surface area contributed by atoms with E-state index in [1.54, 1.807) is 0 Å². The first-order chi connectivity index (χ1) is 22.2. The van der Waals surface area contributed by atoms with Crippen LogP contribution in [0.5, 0.6) is 0 Å². The van der Waals surface area contributed by atoms with Crippen LogP contribution in [0.2, 0.25) is 0 Å². The van der Waals surface area contributed by atoms with E-state index >= 15 is 0 Å². The Bertz CT molecular complexity index is 2820. The number of hydrogen-bond acceptors (Lipinski definition) is 1. The quantitative estimate of drug-likeness (QED) is 0.176. The van der Waals surface area contributed by atoms with E-state index in [0.717, 1.165) is 85.9 Å². The highest BCUT2D eigenvalue weighted by Crippen LogP contribution is 2.48. The van der Waals surface area contributed by atoms with Crippen LogP contribution < -0.4 is 0 Å². The van der Waals surface area contributed by atoms with Crippen LogP contribution in [0.15, 0.2) is 147 Å². The lowest BCUT2D eigenvalue weighted by atomic mass is 9.99. The number of para-hydroxylation sites is 2. The predicted molar refractivity (Wildman–Crippen MR) is 195 cm³/mol. The SMILES string of the molecule is Brc1ccc2c(c1)c1c3oc4c(c5ccccc5c5c4c4cc(Br)ccc4n5-c4ccccc4)c3ccc1n2-c1ccccc1. The lowest BCUT2D eigenvalue weighted by molar-refractivity contribution is 0.677. The van der Waals surface area contributed by atoms with Crippen LogP contribution in [0.1, 0.15) is 0 Å². The number of hydrogen-bond donors (Lipinski definition) is 0. The Kier molecular flexibility index (Phi) is 5.29. The molecule has 45 heavy (non-hydrogen) atoms. The molecule has 0 saturated heterocycles. The second-order valence-corrected chi connectivity index (χ2v) is 13.4. The summed E-state index contributed by atoms with van der Waals surface area (Å²) in [5, 5.41) is 9.22. The van der Waals surface area contributed by atoms with E-state index < -0.39 is 0 Å². The van der Waals surface area contributed by atoms with Gasteiger partial charge in [0.1, 0.15) is 11.2 Å². The van der Waals surface area contributed by atoms with Gasteiger partial charge in [0.25, 0.3) is 0 Å². The molecule has 5 heteroatoms. The number of furan rings is 1. The van der Waals surface area contributed by atoms with Gasteiger partial charge in [-0.2, -0.15) is 0 Å². The minimum atomic E-state index is 0.911. The average Bonchev–Trinajstić information content (AvgIpc) is 3.73. The Morgan fingerprint density at radius 2 is 0.956 bits per heavy atom. The van der Waals surface area contributed by atoms with Crippen molar-refractivity contribution in [1.29, 1.82) is 0 Å². The summed E-state index contributed by atoms with van der Waals surface area (Å²) in [7, 11) is 0.